The molecule has 1 unspecified atom stereocenters. The van der Waals surface area contributed by atoms with E-state index in [9.17, 15) is 13.6 Å². The molecule has 0 bridgehead atoms. The number of carbonyl (C=O) groups is 1. The Kier molecular flexibility index (Phi) is 6.86. The Labute approximate surface area is 207 Å². The van der Waals surface area contributed by atoms with E-state index in [0.717, 1.165) is 39.0 Å². The molecule has 4 aromatic rings. The highest BCUT2D eigenvalue weighted by Gasteiger charge is 2.34. The van der Waals surface area contributed by atoms with E-state index in [2.05, 4.69) is 9.72 Å². The summed E-state index contributed by atoms with van der Waals surface area (Å²) in [5.74, 6) is 0.670. The molecule has 1 aliphatic rings. The van der Waals surface area contributed by atoms with Crippen molar-refractivity contribution in [2.45, 2.75) is 25.7 Å². The molecule has 36 heavy (non-hydrogen) atoms. The summed E-state index contributed by atoms with van der Waals surface area (Å²) in [6.45, 7) is -2.14. The van der Waals surface area contributed by atoms with Crippen LogP contribution in [0.5, 0.6) is 11.5 Å². The van der Waals surface area contributed by atoms with Gasteiger partial charge in [0.1, 0.15) is 18.1 Å². The number of methoxy groups -OCH3 is 1. The molecular weight excluding hydrogens is 466 g/mol. The van der Waals surface area contributed by atoms with Gasteiger partial charge >= 0.3 is 6.61 Å². The summed E-state index contributed by atoms with van der Waals surface area (Å²) in [5.41, 5.74) is 4.71. The smallest absolute Gasteiger partial charge is 0.387 e. The molecule has 0 aliphatic carbocycles. The number of amides is 1. The predicted octanol–water partition coefficient (Wildman–Crippen LogP) is 5.47. The lowest BCUT2D eigenvalue weighted by molar-refractivity contribution is -0.138. The summed E-state index contributed by atoms with van der Waals surface area (Å²) in [6, 6.07) is 21.5. The molecule has 8 heteroatoms. The van der Waals surface area contributed by atoms with Crippen LogP contribution in [0.25, 0.3) is 10.9 Å². The van der Waals surface area contributed by atoms with Gasteiger partial charge in [0.25, 0.3) is 0 Å². The minimum absolute atomic E-state index is 0.0650. The van der Waals surface area contributed by atoms with Gasteiger partial charge in [-0.2, -0.15) is 8.78 Å². The first-order valence-electron chi connectivity index (χ1n) is 11.7. The molecule has 1 amide bonds. The first-order valence-corrected chi connectivity index (χ1v) is 11.7. The van der Waals surface area contributed by atoms with Crippen molar-refractivity contribution < 1.29 is 27.8 Å². The molecule has 0 fully saturated rings. The third-order valence-corrected chi connectivity index (χ3v) is 6.41. The van der Waals surface area contributed by atoms with Gasteiger partial charge < -0.3 is 24.1 Å². The minimum Gasteiger partial charge on any atom is -0.497 e. The number of fused-ring (bicyclic) bond motifs is 3. The fourth-order valence-corrected chi connectivity index (χ4v) is 4.75. The summed E-state index contributed by atoms with van der Waals surface area (Å²) < 4.78 is 41.0. The molecule has 0 spiro atoms. The standard InChI is InChI=1S/C28H26F2N2O4/c1-34-21-11-12-24-23(15-21)22-13-14-32(25(33)17-35-16-18-5-3-2-4-6-18)27(26(22)31-24)19-7-9-20(10-8-19)36-28(29)30/h2-12,15,27-28,31H,13-14,16-17H2,1H3. The zero-order chi connectivity index (χ0) is 25.1. The van der Waals surface area contributed by atoms with Crippen LogP contribution in [-0.2, 0) is 22.6 Å². The van der Waals surface area contributed by atoms with Crippen molar-refractivity contribution in [2.24, 2.45) is 0 Å². The Morgan fingerprint density at radius 3 is 2.53 bits per heavy atom. The lowest BCUT2D eigenvalue weighted by Crippen LogP contribution is -2.42. The van der Waals surface area contributed by atoms with E-state index >= 15 is 0 Å². The molecule has 2 heterocycles. The fraction of sp³-hybridized carbons (Fsp3) is 0.250. The molecule has 3 aromatic carbocycles. The maximum atomic E-state index is 13.4. The molecule has 6 nitrogen and oxygen atoms in total. The zero-order valence-electron chi connectivity index (χ0n) is 19.7. The van der Waals surface area contributed by atoms with Crippen molar-refractivity contribution in [3.63, 3.8) is 0 Å². The second-order valence-corrected chi connectivity index (χ2v) is 8.59. The molecule has 1 aromatic heterocycles. The number of hydrogen-bond acceptors (Lipinski definition) is 4. The first-order chi connectivity index (χ1) is 17.5. The number of ether oxygens (including phenoxy) is 3. The number of benzene rings is 3. The molecule has 1 N–H and O–H groups in total. The Morgan fingerprint density at radius 2 is 1.81 bits per heavy atom. The molecule has 5 rings (SSSR count). The van der Waals surface area contributed by atoms with Crippen LogP contribution in [0, 0.1) is 0 Å². The maximum absolute atomic E-state index is 13.4. The number of alkyl halides is 2. The van der Waals surface area contributed by atoms with Crippen molar-refractivity contribution in [2.75, 3.05) is 20.3 Å². The fourth-order valence-electron chi connectivity index (χ4n) is 4.75. The number of aromatic nitrogens is 1. The number of nitrogens with one attached hydrogen (secondary N) is 1. The number of carbonyl (C=O) groups excluding carboxylic acids is 1. The van der Waals surface area contributed by atoms with Crippen molar-refractivity contribution in [1.82, 2.24) is 9.88 Å². The molecule has 1 aliphatic heterocycles. The quantitative estimate of drug-likeness (QED) is 0.354. The number of rotatable bonds is 8. The highest BCUT2D eigenvalue weighted by molar-refractivity contribution is 5.88. The summed E-state index contributed by atoms with van der Waals surface area (Å²) >= 11 is 0. The average Bonchev–Trinajstić information content (AvgIpc) is 3.26. The van der Waals surface area contributed by atoms with Crippen LogP contribution in [0.2, 0.25) is 0 Å². The Balaban J connectivity index is 1.46. The second-order valence-electron chi connectivity index (χ2n) is 8.59. The van der Waals surface area contributed by atoms with Gasteiger partial charge in [-0.25, -0.2) is 0 Å². The van der Waals surface area contributed by atoms with Crippen LogP contribution in [0.4, 0.5) is 8.78 Å². The first kappa shape index (κ1) is 23.8. The Hall–Kier alpha value is -3.91. The second kappa shape index (κ2) is 10.4. The number of hydrogen-bond donors (Lipinski definition) is 1. The Morgan fingerprint density at radius 1 is 1.06 bits per heavy atom. The number of nitrogens with zero attached hydrogens (tertiary/aromatic N) is 1. The van der Waals surface area contributed by atoms with Crippen LogP contribution in [0.1, 0.15) is 28.4 Å². The monoisotopic (exact) mass is 492 g/mol. The topological polar surface area (TPSA) is 63.8 Å². The molecule has 186 valence electrons. The van der Waals surface area contributed by atoms with E-state index < -0.39 is 12.7 Å². The highest BCUT2D eigenvalue weighted by Crippen LogP contribution is 2.40. The predicted molar refractivity (Wildman–Crippen MR) is 131 cm³/mol. The van der Waals surface area contributed by atoms with Crippen molar-refractivity contribution in [3.8, 4) is 11.5 Å². The van der Waals surface area contributed by atoms with Crippen LogP contribution in [0.3, 0.4) is 0 Å². The van der Waals surface area contributed by atoms with Gasteiger partial charge in [0.2, 0.25) is 5.91 Å². The van der Waals surface area contributed by atoms with Crippen LogP contribution < -0.4 is 9.47 Å². The van der Waals surface area contributed by atoms with Crippen molar-refractivity contribution in [3.05, 3.63) is 95.2 Å². The SMILES string of the molecule is COc1ccc2[nH]c3c(c2c1)CCN(C(=O)COCc1ccccc1)C3c1ccc(OC(F)F)cc1. The van der Waals surface area contributed by atoms with Crippen LogP contribution >= 0.6 is 0 Å². The third-order valence-electron chi connectivity index (χ3n) is 6.41. The lowest BCUT2D eigenvalue weighted by atomic mass is 9.92. The van der Waals surface area contributed by atoms with Crippen molar-refractivity contribution in [1.29, 1.82) is 0 Å². The van der Waals surface area contributed by atoms with E-state index in [0.29, 0.717) is 19.6 Å². The van der Waals surface area contributed by atoms with Gasteiger partial charge in [-0.15, -0.1) is 0 Å². The van der Waals surface area contributed by atoms with E-state index in [1.807, 2.05) is 48.5 Å². The maximum Gasteiger partial charge on any atom is 0.387 e. The summed E-state index contributed by atoms with van der Waals surface area (Å²) in [4.78, 5) is 18.6. The molecular formula is C28H26F2N2O4. The van der Waals surface area contributed by atoms with Crippen LogP contribution in [0.15, 0.2) is 72.8 Å². The van der Waals surface area contributed by atoms with Crippen molar-refractivity contribution >= 4 is 16.8 Å². The highest BCUT2D eigenvalue weighted by atomic mass is 19.3. The van der Waals surface area contributed by atoms with Gasteiger partial charge in [-0.3, -0.25) is 4.79 Å². The molecule has 0 radical (unpaired) electrons. The minimum atomic E-state index is -2.90. The average molecular weight is 493 g/mol. The molecule has 0 saturated carbocycles. The molecule has 0 saturated heterocycles. The van der Waals surface area contributed by atoms with Gasteiger partial charge in [-0.1, -0.05) is 42.5 Å². The lowest BCUT2D eigenvalue weighted by Gasteiger charge is -2.36. The van der Waals surface area contributed by atoms with E-state index in [1.165, 1.54) is 12.1 Å². The summed E-state index contributed by atoms with van der Waals surface area (Å²) in [7, 11) is 1.63. The Bertz CT molecular complexity index is 1340. The van der Waals surface area contributed by atoms with E-state index in [1.54, 1.807) is 24.1 Å². The normalized spacial score (nSPS) is 15.2. The largest absolute Gasteiger partial charge is 0.497 e. The van der Waals surface area contributed by atoms with Gasteiger partial charge in [0.05, 0.1) is 19.8 Å². The van der Waals surface area contributed by atoms with Gasteiger partial charge in [-0.05, 0) is 53.4 Å². The number of aromatic amines is 1. The van der Waals surface area contributed by atoms with E-state index in [-0.39, 0.29) is 18.3 Å². The number of H-pyrrole nitrogens is 1. The van der Waals surface area contributed by atoms with Gasteiger partial charge in [0.15, 0.2) is 0 Å². The van der Waals surface area contributed by atoms with Gasteiger partial charge in [0, 0.05) is 23.1 Å². The number of halogens is 2. The summed E-state index contributed by atoms with van der Waals surface area (Å²) in [5, 5.41) is 1.04. The zero-order valence-corrected chi connectivity index (χ0v) is 19.7. The molecule has 1 atom stereocenters. The van der Waals surface area contributed by atoms with E-state index in [4.69, 9.17) is 9.47 Å². The van der Waals surface area contributed by atoms with Crippen LogP contribution in [-0.4, -0.2) is 42.7 Å². The summed E-state index contributed by atoms with van der Waals surface area (Å²) in [6.07, 6.45) is 0.663. The third kappa shape index (κ3) is 4.90.